The van der Waals surface area contributed by atoms with E-state index in [1.807, 2.05) is 13.2 Å². The van der Waals surface area contributed by atoms with Gasteiger partial charge in [-0.15, -0.1) is 0 Å². The highest BCUT2D eigenvalue weighted by atomic mass is 16.5. The van der Waals surface area contributed by atoms with Gasteiger partial charge in [-0.2, -0.15) is 0 Å². The normalized spacial score (nSPS) is 15.3. The average molecular weight is 264 g/mol. The highest BCUT2D eigenvalue weighted by Gasteiger charge is 2.31. The number of aromatic nitrogens is 1. The maximum absolute atomic E-state index is 5.69. The van der Waals surface area contributed by atoms with Crippen LogP contribution in [-0.4, -0.2) is 31.3 Å². The molecule has 0 aliphatic heterocycles. The molecule has 1 rings (SSSR count). The van der Waals surface area contributed by atoms with E-state index in [0.29, 0.717) is 0 Å². The predicted octanol–water partition coefficient (Wildman–Crippen LogP) is 2.84. The van der Waals surface area contributed by atoms with Crippen LogP contribution in [0.4, 0.5) is 0 Å². The van der Waals surface area contributed by atoms with Crippen LogP contribution < -0.4 is 5.32 Å². The van der Waals surface area contributed by atoms with Gasteiger partial charge in [0.15, 0.2) is 0 Å². The second-order valence-corrected chi connectivity index (χ2v) is 6.13. The number of hydrogen-bond acceptors (Lipinski definition) is 3. The van der Waals surface area contributed by atoms with Gasteiger partial charge < -0.3 is 10.1 Å². The predicted molar refractivity (Wildman–Crippen MR) is 80.4 cm³/mol. The number of nitrogens with one attached hydrogen (secondary N) is 1. The molecule has 2 atom stereocenters. The Bertz CT molecular complexity index is 367. The van der Waals surface area contributed by atoms with Crippen LogP contribution >= 0.6 is 0 Å². The van der Waals surface area contributed by atoms with Crippen molar-refractivity contribution in [3.05, 3.63) is 29.6 Å². The second-order valence-electron chi connectivity index (χ2n) is 6.13. The van der Waals surface area contributed by atoms with Crippen LogP contribution in [0.25, 0.3) is 0 Å². The van der Waals surface area contributed by atoms with Crippen molar-refractivity contribution < 1.29 is 4.74 Å². The first-order valence-electron chi connectivity index (χ1n) is 7.06. The molecule has 0 saturated heterocycles. The first-order valence-corrected chi connectivity index (χ1v) is 7.06. The van der Waals surface area contributed by atoms with Crippen molar-refractivity contribution in [2.75, 3.05) is 14.2 Å². The van der Waals surface area contributed by atoms with Gasteiger partial charge in [0.25, 0.3) is 0 Å². The van der Waals surface area contributed by atoms with Crippen LogP contribution in [0.2, 0.25) is 0 Å². The fourth-order valence-corrected chi connectivity index (χ4v) is 2.49. The van der Waals surface area contributed by atoms with Crippen LogP contribution in [0.3, 0.4) is 0 Å². The lowest BCUT2D eigenvalue weighted by molar-refractivity contribution is -0.00941. The SMILES string of the molecule is CCc1ccc(CC(NC)C(OC)C(C)(C)C)nc1. The molecule has 19 heavy (non-hydrogen) atoms. The summed E-state index contributed by atoms with van der Waals surface area (Å²) in [5.74, 6) is 0. The second kappa shape index (κ2) is 7.01. The molecule has 0 aliphatic carbocycles. The molecule has 3 heteroatoms. The van der Waals surface area contributed by atoms with E-state index in [4.69, 9.17) is 4.74 Å². The standard InChI is InChI=1S/C16H28N2O/c1-7-12-8-9-13(18-11-12)10-14(17-5)15(19-6)16(2,3)4/h8-9,11,14-15,17H,7,10H2,1-6H3. The van der Waals surface area contributed by atoms with Gasteiger partial charge in [0, 0.05) is 31.5 Å². The highest BCUT2D eigenvalue weighted by molar-refractivity contribution is 5.15. The number of methoxy groups -OCH3 is 1. The van der Waals surface area contributed by atoms with E-state index >= 15 is 0 Å². The van der Waals surface area contributed by atoms with Gasteiger partial charge in [-0.1, -0.05) is 33.8 Å². The summed E-state index contributed by atoms with van der Waals surface area (Å²) in [6.45, 7) is 8.77. The molecule has 1 N–H and O–H groups in total. The van der Waals surface area contributed by atoms with Gasteiger partial charge in [-0.25, -0.2) is 0 Å². The van der Waals surface area contributed by atoms with Crippen LogP contribution in [0.15, 0.2) is 18.3 Å². The molecular formula is C16H28N2O. The molecular weight excluding hydrogens is 236 g/mol. The van der Waals surface area contributed by atoms with Gasteiger partial charge in [0.1, 0.15) is 0 Å². The van der Waals surface area contributed by atoms with Crippen LogP contribution in [0.5, 0.6) is 0 Å². The van der Waals surface area contributed by atoms with Crippen molar-refractivity contribution >= 4 is 0 Å². The first kappa shape index (κ1) is 16.1. The molecule has 1 heterocycles. The third-order valence-electron chi connectivity index (χ3n) is 3.57. The summed E-state index contributed by atoms with van der Waals surface area (Å²) in [6.07, 6.45) is 4.05. The molecule has 0 bridgehead atoms. The Kier molecular flexibility index (Phi) is 5.95. The van der Waals surface area contributed by atoms with Crippen molar-refractivity contribution in [3.8, 4) is 0 Å². The maximum Gasteiger partial charge on any atom is 0.0776 e. The minimum atomic E-state index is 0.103. The summed E-state index contributed by atoms with van der Waals surface area (Å²) in [6, 6.07) is 4.55. The quantitative estimate of drug-likeness (QED) is 0.858. The molecule has 1 aromatic rings. The third kappa shape index (κ3) is 4.59. The van der Waals surface area contributed by atoms with Crippen LogP contribution in [-0.2, 0) is 17.6 Å². The van der Waals surface area contributed by atoms with Crippen LogP contribution in [0, 0.1) is 5.41 Å². The molecule has 2 unspecified atom stereocenters. The Labute approximate surface area is 117 Å². The fraction of sp³-hybridized carbons (Fsp3) is 0.688. The lowest BCUT2D eigenvalue weighted by Gasteiger charge is -2.35. The van der Waals surface area contributed by atoms with E-state index < -0.39 is 0 Å². The zero-order chi connectivity index (χ0) is 14.5. The Morgan fingerprint density at radius 1 is 1.32 bits per heavy atom. The Morgan fingerprint density at radius 2 is 2.00 bits per heavy atom. The highest BCUT2D eigenvalue weighted by Crippen LogP contribution is 2.25. The number of nitrogens with zero attached hydrogens (tertiary/aromatic N) is 1. The van der Waals surface area contributed by atoms with Crippen LogP contribution in [0.1, 0.15) is 39.0 Å². The van der Waals surface area contributed by atoms with Gasteiger partial charge in [0.2, 0.25) is 0 Å². The number of hydrogen-bond donors (Lipinski definition) is 1. The van der Waals surface area contributed by atoms with Crippen molar-refractivity contribution in [2.24, 2.45) is 5.41 Å². The zero-order valence-corrected chi connectivity index (χ0v) is 13.2. The Hall–Kier alpha value is -0.930. The van der Waals surface area contributed by atoms with E-state index in [-0.39, 0.29) is 17.6 Å². The Morgan fingerprint density at radius 3 is 2.37 bits per heavy atom. The molecule has 3 nitrogen and oxygen atoms in total. The summed E-state index contributed by atoms with van der Waals surface area (Å²) < 4.78 is 5.69. The summed E-state index contributed by atoms with van der Waals surface area (Å²) in [4.78, 5) is 4.54. The molecule has 0 amide bonds. The van der Waals surface area contributed by atoms with E-state index in [0.717, 1.165) is 18.5 Å². The zero-order valence-electron chi connectivity index (χ0n) is 13.2. The smallest absolute Gasteiger partial charge is 0.0776 e. The molecule has 0 fully saturated rings. The van der Waals surface area contributed by atoms with Crippen molar-refractivity contribution in [1.82, 2.24) is 10.3 Å². The summed E-state index contributed by atoms with van der Waals surface area (Å²) in [7, 11) is 3.77. The molecule has 0 saturated carbocycles. The number of likely N-dealkylation sites (N-methyl/N-ethyl adjacent to an activating group) is 1. The molecule has 0 aliphatic rings. The molecule has 0 spiro atoms. The lowest BCUT2D eigenvalue weighted by Crippen LogP contribution is -2.47. The van der Waals surface area contributed by atoms with E-state index in [9.17, 15) is 0 Å². The minimum absolute atomic E-state index is 0.103. The van der Waals surface area contributed by atoms with Gasteiger partial charge >= 0.3 is 0 Å². The van der Waals surface area contributed by atoms with Crippen molar-refractivity contribution in [3.63, 3.8) is 0 Å². The molecule has 0 aromatic carbocycles. The minimum Gasteiger partial charge on any atom is -0.379 e. The number of ether oxygens (including phenoxy) is 1. The summed E-state index contributed by atoms with van der Waals surface area (Å²) >= 11 is 0. The number of pyridine rings is 1. The number of aryl methyl sites for hydroxylation is 1. The first-order chi connectivity index (χ1) is 8.92. The van der Waals surface area contributed by atoms with Crippen molar-refractivity contribution in [1.29, 1.82) is 0 Å². The number of rotatable bonds is 6. The van der Waals surface area contributed by atoms with E-state index in [1.165, 1.54) is 5.56 Å². The monoisotopic (exact) mass is 264 g/mol. The molecule has 0 radical (unpaired) electrons. The van der Waals surface area contributed by atoms with Gasteiger partial charge in [0.05, 0.1) is 6.10 Å². The summed E-state index contributed by atoms with van der Waals surface area (Å²) in [5, 5.41) is 3.37. The topological polar surface area (TPSA) is 34.1 Å². The average Bonchev–Trinajstić information content (AvgIpc) is 2.37. The third-order valence-corrected chi connectivity index (χ3v) is 3.57. The molecule has 1 aromatic heterocycles. The largest absolute Gasteiger partial charge is 0.379 e. The Balaban J connectivity index is 2.80. The van der Waals surface area contributed by atoms with Crippen molar-refractivity contribution in [2.45, 2.75) is 52.7 Å². The van der Waals surface area contributed by atoms with Gasteiger partial charge in [-0.05, 0) is 30.5 Å². The lowest BCUT2D eigenvalue weighted by atomic mass is 9.83. The van der Waals surface area contributed by atoms with E-state index in [1.54, 1.807) is 7.11 Å². The van der Waals surface area contributed by atoms with E-state index in [2.05, 4.69) is 50.1 Å². The van der Waals surface area contributed by atoms with Gasteiger partial charge in [-0.3, -0.25) is 4.98 Å². The summed E-state index contributed by atoms with van der Waals surface area (Å²) in [5.41, 5.74) is 2.50. The molecule has 108 valence electrons. The maximum atomic E-state index is 5.69. The fourth-order valence-electron chi connectivity index (χ4n) is 2.49.